The number of nitrogens with one attached hydrogen (secondary N) is 1. The van der Waals surface area contributed by atoms with E-state index in [-0.39, 0.29) is 5.91 Å². The van der Waals surface area contributed by atoms with E-state index in [1.54, 1.807) is 7.11 Å². The summed E-state index contributed by atoms with van der Waals surface area (Å²) in [6.45, 7) is 2.89. The number of aromatic nitrogens is 1. The SMILES string of the molecule is COc1ccc2[nH]cc(CC(=O)N3CCCc4cc(C)ccc43)c2c1. The highest BCUT2D eigenvalue weighted by Gasteiger charge is 2.23. The number of nitrogens with zero attached hydrogens (tertiary/aromatic N) is 1. The van der Waals surface area contributed by atoms with Crippen LogP contribution < -0.4 is 9.64 Å². The molecule has 4 heteroatoms. The average molecular weight is 334 g/mol. The number of hydrogen-bond donors (Lipinski definition) is 1. The number of ether oxygens (including phenoxy) is 1. The van der Waals surface area contributed by atoms with Crippen LogP contribution in [0.5, 0.6) is 5.75 Å². The maximum atomic E-state index is 13.0. The fourth-order valence-corrected chi connectivity index (χ4v) is 3.67. The predicted octanol–water partition coefficient (Wildman–Crippen LogP) is 4.01. The molecule has 0 bridgehead atoms. The van der Waals surface area contributed by atoms with Crippen LogP contribution in [0.1, 0.15) is 23.1 Å². The Balaban J connectivity index is 1.63. The molecule has 0 atom stereocenters. The molecule has 0 fully saturated rings. The summed E-state index contributed by atoms with van der Waals surface area (Å²) in [6, 6.07) is 12.3. The van der Waals surface area contributed by atoms with Gasteiger partial charge in [0.1, 0.15) is 5.75 Å². The van der Waals surface area contributed by atoms with Crippen LogP contribution >= 0.6 is 0 Å². The quantitative estimate of drug-likeness (QED) is 0.787. The van der Waals surface area contributed by atoms with E-state index in [4.69, 9.17) is 4.74 Å². The van der Waals surface area contributed by atoms with Gasteiger partial charge in [-0.25, -0.2) is 0 Å². The van der Waals surface area contributed by atoms with Gasteiger partial charge >= 0.3 is 0 Å². The Kier molecular flexibility index (Phi) is 3.96. The highest BCUT2D eigenvalue weighted by Crippen LogP contribution is 2.30. The van der Waals surface area contributed by atoms with Crippen molar-refractivity contribution >= 4 is 22.5 Å². The Bertz CT molecular complexity index is 942. The van der Waals surface area contributed by atoms with E-state index in [9.17, 15) is 4.79 Å². The first-order chi connectivity index (χ1) is 12.2. The van der Waals surface area contributed by atoms with Gasteiger partial charge in [0.2, 0.25) is 5.91 Å². The highest BCUT2D eigenvalue weighted by atomic mass is 16.5. The minimum absolute atomic E-state index is 0.147. The summed E-state index contributed by atoms with van der Waals surface area (Å²) in [4.78, 5) is 18.2. The van der Waals surface area contributed by atoms with Crippen molar-refractivity contribution in [1.29, 1.82) is 0 Å². The standard InChI is InChI=1S/C21H22N2O2/c1-14-5-8-20-15(10-14)4-3-9-23(20)21(24)11-16-13-22-19-7-6-17(25-2)12-18(16)19/h5-8,10,12-13,22H,3-4,9,11H2,1-2H3. The van der Waals surface area contributed by atoms with E-state index in [0.717, 1.165) is 47.3 Å². The van der Waals surface area contributed by atoms with Crippen molar-refractivity contribution in [1.82, 2.24) is 4.98 Å². The monoisotopic (exact) mass is 334 g/mol. The van der Waals surface area contributed by atoms with Crippen molar-refractivity contribution in [2.45, 2.75) is 26.2 Å². The maximum Gasteiger partial charge on any atom is 0.231 e. The van der Waals surface area contributed by atoms with Gasteiger partial charge in [-0.3, -0.25) is 4.79 Å². The van der Waals surface area contributed by atoms with E-state index < -0.39 is 0 Å². The molecule has 4 nitrogen and oxygen atoms in total. The molecule has 3 aromatic rings. The lowest BCUT2D eigenvalue weighted by atomic mass is 9.99. The molecule has 0 saturated carbocycles. The van der Waals surface area contributed by atoms with Crippen molar-refractivity contribution in [2.24, 2.45) is 0 Å². The van der Waals surface area contributed by atoms with Gasteiger partial charge in [0, 0.05) is 29.3 Å². The van der Waals surface area contributed by atoms with Gasteiger partial charge in [-0.1, -0.05) is 17.7 Å². The Hall–Kier alpha value is -2.75. The Morgan fingerprint density at radius 3 is 2.96 bits per heavy atom. The Morgan fingerprint density at radius 1 is 1.24 bits per heavy atom. The van der Waals surface area contributed by atoms with Crippen molar-refractivity contribution in [3.63, 3.8) is 0 Å². The molecule has 25 heavy (non-hydrogen) atoms. The molecule has 1 aliphatic rings. The van der Waals surface area contributed by atoms with Gasteiger partial charge in [-0.05, 0) is 55.2 Å². The summed E-state index contributed by atoms with van der Waals surface area (Å²) in [5.41, 5.74) is 5.63. The number of carbonyl (C=O) groups is 1. The zero-order valence-corrected chi connectivity index (χ0v) is 14.6. The minimum atomic E-state index is 0.147. The number of rotatable bonds is 3. The van der Waals surface area contributed by atoms with Gasteiger partial charge in [-0.15, -0.1) is 0 Å². The average Bonchev–Trinajstić information content (AvgIpc) is 3.02. The number of benzene rings is 2. The zero-order valence-electron chi connectivity index (χ0n) is 14.6. The minimum Gasteiger partial charge on any atom is -0.497 e. The Labute approximate surface area is 147 Å². The number of hydrogen-bond acceptors (Lipinski definition) is 2. The first-order valence-electron chi connectivity index (χ1n) is 8.69. The zero-order chi connectivity index (χ0) is 17.4. The third kappa shape index (κ3) is 2.88. The van der Waals surface area contributed by atoms with E-state index in [0.29, 0.717) is 6.42 Å². The van der Waals surface area contributed by atoms with E-state index in [2.05, 4.69) is 30.1 Å². The summed E-state index contributed by atoms with van der Waals surface area (Å²) in [6.07, 6.45) is 4.39. The second kappa shape index (κ2) is 6.28. The molecule has 1 amide bonds. The molecular weight excluding hydrogens is 312 g/mol. The largest absolute Gasteiger partial charge is 0.497 e. The van der Waals surface area contributed by atoms with Gasteiger partial charge in [0.25, 0.3) is 0 Å². The predicted molar refractivity (Wildman–Crippen MR) is 100 cm³/mol. The lowest BCUT2D eigenvalue weighted by Gasteiger charge is -2.30. The molecule has 2 aromatic carbocycles. The highest BCUT2D eigenvalue weighted by molar-refractivity contribution is 5.98. The fraction of sp³-hybridized carbons (Fsp3) is 0.286. The third-order valence-corrected chi connectivity index (χ3v) is 4.97. The number of aromatic amines is 1. The lowest BCUT2D eigenvalue weighted by molar-refractivity contribution is -0.118. The van der Waals surface area contributed by atoms with Gasteiger partial charge < -0.3 is 14.6 Å². The molecule has 1 aliphatic heterocycles. The van der Waals surface area contributed by atoms with E-state index in [1.807, 2.05) is 29.3 Å². The molecule has 128 valence electrons. The van der Waals surface area contributed by atoms with Crippen molar-refractivity contribution < 1.29 is 9.53 Å². The second-order valence-electron chi connectivity index (χ2n) is 6.68. The first-order valence-corrected chi connectivity index (χ1v) is 8.69. The van der Waals surface area contributed by atoms with Crippen LogP contribution in [0.3, 0.4) is 0 Å². The fourth-order valence-electron chi connectivity index (χ4n) is 3.67. The second-order valence-corrected chi connectivity index (χ2v) is 6.68. The van der Waals surface area contributed by atoms with Crippen molar-refractivity contribution in [3.8, 4) is 5.75 Å². The lowest BCUT2D eigenvalue weighted by Crippen LogP contribution is -2.36. The van der Waals surface area contributed by atoms with E-state index in [1.165, 1.54) is 11.1 Å². The van der Waals surface area contributed by atoms with Gasteiger partial charge in [0.15, 0.2) is 0 Å². The summed E-state index contributed by atoms with van der Waals surface area (Å²) in [5, 5.41) is 1.05. The van der Waals surface area contributed by atoms with Crippen LogP contribution in [0.2, 0.25) is 0 Å². The maximum absolute atomic E-state index is 13.0. The number of aryl methyl sites for hydroxylation is 2. The van der Waals surface area contributed by atoms with Crippen LogP contribution in [0.25, 0.3) is 10.9 Å². The van der Waals surface area contributed by atoms with Gasteiger partial charge in [0.05, 0.1) is 13.5 Å². The Morgan fingerprint density at radius 2 is 2.12 bits per heavy atom. The van der Waals surface area contributed by atoms with Crippen molar-refractivity contribution in [3.05, 3.63) is 59.3 Å². The molecule has 1 aromatic heterocycles. The molecule has 0 unspecified atom stereocenters. The van der Waals surface area contributed by atoms with E-state index >= 15 is 0 Å². The summed E-state index contributed by atoms with van der Waals surface area (Å²) < 4.78 is 5.32. The van der Waals surface area contributed by atoms with Crippen LogP contribution in [-0.2, 0) is 17.6 Å². The molecular formula is C21H22N2O2. The van der Waals surface area contributed by atoms with Crippen LogP contribution in [0, 0.1) is 6.92 Å². The summed E-state index contributed by atoms with van der Waals surface area (Å²) in [5.74, 6) is 0.952. The van der Waals surface area contributed by atoms with Crippen molar-refractivity contribution in [2.75, 3.05) is 18.6 Å². The smallest absolute Gasteiger partial charge is 0.231 e. The number of H-pyrrole nitrogens is 1. The molecule has 4 rings (SSSR count). The number of fused-ring (bicyclic) bond motifs is 2. The molecule has 0 radical (unpaired) electrons. The molecule has 0 saturated heterocycles. The summed E-state index contributed by atoms with van der Waals surface area (Å²) in [7, 11) is 1.66. The number of amides is 1. The van der Waals surface area contributed by atoms with Gasteiger partial charge in [-0.2, -0.15) is 0 Å². The number of carbonyl (C=O) groups excluding carboxylic acids is 1. The molecule has 0 spiro atoms. The molecule has 2 heterocycles. The molecule has 0 aliphatic carbocycles. The topological polar surface area (TPSA) is 45.3 Å². The first kappa shape index (κ1) is 15.8. The van der Waals surface area contributed by atoms with Crippen LogP contribution in [-0.4, -0.2) is 24.5 Å². The number of methoxy groups -OCH3 is 1. The summed E-state index contributed by atoms with van der Waals surface area (Å²) >= 11 is 0. The van der Waals surface area contributed by atoms with Crippen LogP contribution in [0.15, 0.2) is 42.6 Å². The normalized spacial score (nSPS) is 13.8. The molecule has 1 N–H and O–H groups in total. The van der Waals surface area contributed by atoms with Crippen LogP contribution in [0.4, 0.5) is 5.69 Å². The number of anilines is 1. The third-order valence-electron chi connectivity index (χ3n) is 4.97.